The van der Waals surface area contributed by atoms with Gasteiger partial charge in [0.15, 0.2) is 0 Å². The van der Waals surface area contributed by atoms with Crippen LogP contribution in [0, 0.1) is 10.1 Å². The van der Waals surface area contributed by atoms with Gasteiger partial charge in [-0.2, -0.15) is 0 Å². The number of fused-ring (bicyclic) bond motifs is 1. The van der Waals surface area contributed by atoms with E-state index in [1.165, 1.54) is 12.1 Å². The van der Waals surface area contributed by atoms with Gasteiger partial charge >= 0.3 is 0 Å². The van der Waals surface area contributed by atoms with E-state index in [1.54, 1.807) is 22.7 Å². The molecule has 0 bridgehead atoms. The maximum absolute atomic E-state index is 12.1. The third kappa shape index (κ3) is 3.07. The Balaban J connectivity index is 2.28. The number of thioether (sulfide) groups is 1. The number of nitrogens with zero attached hydrogens (tertiary/aromatic N) is 2. The second-order valence-corrected chi connectivity index (χ2v) is 5.54. The van der Waals surface area contributed by atoms with E-state index in [1.807, 2.05) is 6.92 Å². The van der Waals surface area contributed by atoms with Gasteiger partial charge in [-0.1, -0.05) is 13.3 Å². The van der Waals surface area contributed by atoms with Gasteiger partial charge in [-0.15, -0.1) is 11.8 Å². The molecule has 0 spiro atoms. The minimum atomic E-state index is -0.422. The Bertz CT molecular complexity index is 505. The molecule has 0 aliphatic carbocycles. The van der Waals surface area contributed by atoms with Crippen LogP contribution in [0.3, 0.4) is 0 Å². The summed E-state index contributed by atoms with van der Waals surface area (Å²) in [6, 6.07) is 4.73. The minimum absolute atomic E-state index is 0.0366. The summed E-state index contributed by atoms with van der Waals surface area (Å²) in [5.41, 5.74) is 0.723. The van der Waals surface area contributed by atoms with Crippen molar-refractivity contribution in [2.24, 2.45) is 0 Å². The molecule has 0 saturated heterocycles. The number of rotatable bonds is 4. The summed E-state index contributed by atoms with van der Waals surface area (Å²) in [7, 11) is 0. The number of nitro benzene ring substituents is 1. The summed E-state index contributed by atoms with van der Waals surface area (Å²) >= 11 is 1.64. The van der Waals surface area contributed by atoms with Gasteiger partial charge in [-0.25, -0.2) is 0 Å². The number of anilines is 1. The summed E-state index contributed by atoms with van der Waals surface area (Å²) in [5, 5.41) is 10.8. The smallest absolute Gasteiger partial charge is 0.271 e. The lowest BCUT2D eigenvalue weighted by molar-refractivity contribution is -0.384. The highest BCUT2D eigenvalue weighted by molar-refractivity contribution is 7.99. The van der Waals surface area contributed by atoms with Crippen molar-refractivity contribution in [3.8, 4) is 0 Å². The maximum atomic E-state index is 12.1. The van der Waals surface area contributed by atoms with Crippen molar-refractivity contribution in [3.63, 3.8) is 0 Å². The molecule has 1 aromatic rings. The lowest BCUT2D eigenvalue weighted by atomic mass is 10.2. The molecule has 1 aliphatic heterocycles. The first-order chi connectivity index (χ1) is 9.13. The highest BCUT2D eigenvalue weighted by Crippen LogP contribution is 2.37. The van der Waals surface area contributed by atoms with E-state index in [-0.39, 0.29) is 11.6 Å². The van der Waals surface area contributed by atoms with Gasteiger partial charge in [0.1, 0.15) is 0 Å². The Morgan fingerprint density at radius 1 is 1.53 bits per heavy atom. The molecule has 0 unspecified atom stereocenters. The largest absolute Gasteiger partial charge is 0.310 e. The van der Waals surface area contributed by atoms with Crippen LogP contribution < -0.4 is 4.90 Å². The minimum Gasteiger partial charge on any atom is -0.310 e. The third-order valence-electron chi connectivity index (χ3n) is 3.06. The van der Waals surface area contributed by atoms with Crippen LogP contribution in [0.1, 0.15) is 26.2 Å². The average molecular weight is 280 g/mol. The van der Waals surface area contributed by atoms with Crippen molar-refractivity contribution in [2.45, 2.75) is 31.1 Å². The number of unbranched alkanes of at least 4 members (excludes halogenated alkanes) is 1. The number of non-ortho nitro benzene ring substituents is 1. The number of hydrogen-bond acceptors (Lipinski definition) is 4. The van der Waals surface area contributed by atoms with Gasteiger partial charge in [-0.05, 0) is 12.5 Å². The van der Waals surface area contributed by atoms with Gasteiger partial charge in [0.25, 0.3) is 5.69 Å². The van der Waals surface area contributed by atoms with E-state index in [4.69, 9.17) is 0 Å². The predicted molar refractivity (Wildman–Crippen MR) is 75.7 cm³/mol. The lowest BCUT2D eigenvalue weighted by Crippen LogP contribution is -2.35. The van der Waals surface area contributed by atoms with Crippen LogP contribution in [-0.4, -0.2) is 23.1 Å². The normalized spacial score (nSPS) is 14.1. The first-order valence-corrected chi connectivity index (χ1v) is 7.33. The van der Waals surface area contributed by atoms with Gasteiger partial charge in [0.2, 0.25) is 5.91 Å². The molecular formula is C13H16N2O3S. The van der Waals surface area contributed by atoms with Crippen molar-refractivity contribution in [1.29, 1.82) is 0 Å². The summed E-state index contributed by atoms with van der Waals surface area (Å²) in [6.07, 6.45) is 2.33. The highest BCUT2D eigenvalue weighted by atomic mass is 32.2. The predicted octanol–water partition coefficient (Wildman–Crippen LogP) is 3.22. The standard InChI is InChI=1S/C13H16N2O3S/c1-2-3-4-13(16)14-7-8-19-12-6-5-10(15(17)18)9-11(12)14/h5-6,9H,2-4,7-8H2,1H3. The van der Waals surface area contributed by atoms with Crippen LogP contribution in [0.4, 0.5) is 11.4 Å². The van der Waals surface area contributed by atoms with Crippen LogP contribution >= 0.6 is 11.8 Å². The second kappa shape index (κ2) is 6.06. The number of carbonyl (C=O) groups excluding carboxylic acids is 1. The molecule has 0 saturated carbocycles. The number of benzene rings is 1. The van der Waals surface area contributed by atoms with Crippen molar-refractivity contribution in [1.82, 2.24) is 0 Å². The van der Waals surface area contributed by atoms with E-state index in [2.05, 4.69) is 0 Å². The molecule has 2 rings (SSSR count). The second-order valence-electron chi connectivity index (χ2n) is 4.41. The summed E-state index contributed by atoms with van der Waals surface area (Å²) in [5.74, 6) is 0.895. The van der Waals surface area contributed by atoms with E-state index in [9.17, 15) is 14.9 Å². The fourth-order valence-corrected chi connectivity index (χ4v) is 3.02. The number of nitro groups is 1. The van der Waals surface area contributed by atoms with E-state index >= 15 is 0 Å². The molecule has 0 fully saturated rings. The Morgan fingerprint density at radius 2 is 2.32 bits per heavy atom. The molecule has 0 atom stereocenters. The highest BCUT2D eigenvalue weighted by Gasteiger charge is 2.24. The Kier molecular flexibility index (Phi) is 4.42. The number of amides is 1. The zero-order chi connectivity index (χ0) is 13.8. The molecule has 0 radical (unpaired) electrons. The number of carbonyl (C=O) groups is 1. The average Bonchev–Trinajstić information content (AvgIpc) is 2.43. The zero-order valence-electron chi connectivity index (χ0n) is 10.8. The van der Waals surface area contributed by atoms with Gasteiger partial charge in [0.05, 0.1) is 10.6 Å². The van der Waals surface area contributed by atoms with E-state index in [0.717, 1.165) is 23.5 Å². The van der Waals surface area contributed by atoms with Crippen LogP contribution in [-0.2, 0) is 4.79 Å². The Hall–Kier alpha value is -1.56. The molecule has 19 heavy (non-hydrogen) atoms. The monoisotopic (exact) mass is 280 g/mol. The number of hydrogen-bond donors (Lipinski definition) is 0. The van der Waals surface area contributed by atoms with Crippen LogP contribution in [0.25, 0.3) is 0 Å². The fraction of sp³-hybridized carbons (Fsp3) is 0.462. The van der Waals surface area contributed by atoms with Crippen molar-refractivity contribution in [3.05, 3.63) is 28.3 Å². The van der Waals surface area contributed by atoms with Crippen LogP contribution in [0.15, 0.2) is 23.1 Å². The van der Waals surface area contributed by atoms with Crippen molar-refractivity contribution in [2.75, 3.05) is 17.2 Å². The van der Waals surface area contributed by atoms with Crippen LogP contribution in [0.5, 0.6) is 0 Å². The molecular weight excluding hydrogens is 264 g/mol. The van der Waals surface area contributed by atoms with Crippen molar-refractivity contribution >= 4 is 29.0 Å². The Labute approximate surface area is 116 Å². The topological polar surface area (TPSA) is 63.5 Å². The third-order valence-corrected chi connectivity index (χ3v) is 4.10. The van der Waals surface area contributed by atoms with E-state index < -0.39 is 4.92 Å². The summed E-state index contributed by atoms with van der Waals surface area (Å²) in [4.78, 5) is 25.2. The molecule has 0 aromatic heterocycles. The van der Waals surface area contributed by atoms with Gasteiger partial charge in [0, 0.05) is 35.7 Å². The SMILES string of the molecule is CCCCC(=O)N1CCSc2ccc([N+](=O)[O-])cc21. The summed E-state index contributed by atoms with van der Waals surface area (Å²) < 4.78 is 0. The van der Waals surface area contributed by atoms with Gasteiger partial charge in [-0.3, -0.25) is 14.9 Å². The molecule has 1 aromatic carbocycles. The van der Waals surface area contributed by atoms with Crippen LogP contribution in [0.2, 0.25) is 0 Å². The molecule has 6 heteroatoms. The van der Waals surface area contributed by atoms with Crippen molar-refractivity contribution < 1.29 is 9.72 Å². The maximum Gasteiger partial charge on any atom is 0.271 e. The molecule has 102 valence electrons. The molecule has 0 N–H and O–H groups in total. The van der Waals surface area contributed by atoms with E-state index in [0.29, 0.717) is 18.7 Å². The lowest BCUT2D eigenvalue weighted by Gasteiger charge is -2.28. The quantitative estimate of drug-likeness (QED) is 0.627. The molecule has 1 aliphatic rings. The zero-order valence-corrected chi connectivity index (χ0v) is 11.6. The molecule has 1 heterocycles. The van der Waals surface area contributed by atoms with Gasteiger partial charge < -0.3 is 4.90 Å². The first kappa shape index (κ1) is 13.9. The molecule has 1 amide bonds. The first-order valence-electron chi connectivity index (χ1n) is 6.35. The Morgan fingerprint density at radius 3 is 3.00 bits per heavy atom. The fourth-order valence-electron chi connectivity index (χ4n) is 2.04. The summed E-state index contributed by atoms with van der Waals surface area (Å²) in [6.45, 7) is 2.67. The molecule has 5 nitrogen and oxygen atoms in total.